The van der Waals surface area contributed by atoms with E-state index in [0.29, 0.717) is 0 Å². The fourth-order valence-corrected chi connectivity index (χ4v) is 1.69. The average Bonchev–Trinajstić information content (AvgIpc) is 2.25. The Morgan fingerprint density at radius 3 is 2.13 bits per heavy atom. The van der Waals surface area contributed by atoms with Crippen LogP contribution in [0.5, 0.6) is 0 Å². The molecule has 0 nitrogen and oxygen atoms in total. The van der Waals surface area contributed by atoms with E-state index >= 15 is 0 Å². The molecule has 0 aromatic heterocycles. The molecule has 0 heterocycles. The topological polar surface area (TPSA) is 0 Å². The van der Waals surface area contributed by atoms with Crippen molar-refractivity contribution in [2.24, 2.45) is 0 Å². The van der Waals surface area contributed by atoms with Crippen molar-refractivity contribution in [3.05, 3.63) is 53.1 Å². The molecule has 78 valence electrons. The van der Waals surface area contributed by atoms with E-state index in [-0.39, 0.29) is 0 Å². The Hall–Kier alpha value is -1.56. The van der Waals surface area contributed by atoms with Crippen molar-refractivity contribution in [2.75, 3.05) is 0 Å². The van der Waals surface area contributed by atoms with Crippen LogP contribution in [0, 0.1) is 6.92 Å². The number of benzene rings is 1. The lowest BCUT2D eigenvalue weighted by Gasteiger charge is -2.09. The van der Waals surface area contributed by atoms with Crippen molar-refractivity contribution >= 4 is 18.2 Å². The van der Waals surface area contributed by atoms with Crippen LogP contribution in [0.4, 0.5) is 0 Å². The van der Waals surface area contributed by atoms with Crippen molar-refractivity contribution in [2.45, 2.75) is 20.8 Å². The summed E-state index contributed by atoms with van der Waals surface area (Å²) in [5.41, 5.74) is 5.04. The van der Waals surface area contributed by atoms with Crippen LogP contribution in [0.15, 0.2) is 30.9 Å². The lowest BCUT2D eigenvalue weighted by Crippen LogP contribution is -1.90. The van der Waals surface area contributed by atoms with E-state index in [0.717, 1.165) is 0 Å². The molecule has 0 aliphatic rings. The van der Waals surface area contributed by atoms with E-state index in [2.05, 4.69) is 49.9 Å². The molecule has 1 aromatic carbocycles. The monoisotopic (exact) mass is 198 g/mol. The molecule has 0 amide bonds. The van der Waals surface area contributed by atoms with Crippen LogP contribution in [-0.4, -0.2) is 0 Å². The van der Waals surface area contributed by atoms with Gasteiger partial charge in [-0.2, -0.15) is 0 Å². The molecule has 0 saturated heterocycles. The molecule has 0 aliphatic carbocycles. The summed E-state index contributed by atoms with van der Waals surface area (Å²) in [6, 6.07) is 4.25. The number of hydrogen-bond donors (Lipinski definition) is 0. The third-order valence-electron chi connectivity index (χ3n) is 2.49. The van der Waals surface area contributed by atoms with Gasteiger partial charge in [0.25, 0.3) is 0 Å². The highest BCUT2D eigenvalue weighted by atomic mass is 14.1. The predicted octanol–water partition coefficient (Wildman–Crippen LogP) is 4.70. The summed E-state index contributed by atoms with van der Waals surface area (Å²) < 4.78 is 0. The molecule has 15 heavy (non-hydrogen) atoms. The third-order valence-corrected chi connectivity index (χ3v) is 2.49. The van der Waals surface area contributed by atoms with Crippen LogP contribution in [0.1, 0.15) is 36.1 Å². The smallest absolute Gasteiger partial charge is 0.0152 e. The van der Waals surface area contributed by atoms with Gasteiger partial charge in [0.15, 0.2) is 0 Å². The van der Waals surface area contributed by atoms with Crippen LogP contribution < -0.4 is 0 Å². The molecule has 0 spiro atoms. The molecule has 0 heteroatoms. The lowest BCUT2D eigenvalue weighted by atomic mass is 9.96. The summed E-state index contributed by atoms with van der Waals surface area (Å²) in [6.07, 6.45) is 10.3. The number of rotatable bonds is 3. The maximum Gasteiger partial charge on any atom is -0.0152 e. The first-order chi connectivity index (χ1) is 7.24. The standard InChI is InChI=1S/C15H18/c1-5-8-14-11-10-13(7-3)15(9-6-2)12(14)4/h5-11H,3H2,1-2,4H3/b8-5-,9-6-. The minimum atomic E-state index is 1.19. The summed E-state index contributed by atoms with van der Waals surface area (Å²) in [7, 11) is 0. The third kappa shape index (κ3) is 2.47. The van der Waals surface area contributed by atoms with Crippen molar-refractivity contribution in [1.82, 2.24) is 0 Å². The van der Waals surface area contributed by atoms with Gasteiger partial charge in [-0.25, -0.2) is 0 Å². The molecule has 0 saturated carbocycles. The van der Waals surface area contributed by atoms with Crippen molar-refractivity contribution in [1.29, 1.82) is 0 Å². The molecule has 0 bridgehead atoms. The number of hydrogen-bond acceptors (Lipinski definition) is 0. The highest BCUT2D eigenvalue weighted by Gasteiger charge is 2.03. The Labute approximate surface area is 92.6 Å². The first-order valence-corrected chi connectivity index (χ1v) is 5.26. The zero-order valence-corrected chi connectivity index (χ0v) is 9.75. The van der Waals surface area contributed by atoms with Crippen LogP contribution in [0.25, 0.3) is 18.2 Å². The highest BCUT2D eigenvalue weighted by molar-refractivity contribution is 5.71. The van der Waals surface area contributed by atoms with E-state index in [1.807, 2.05) is 19.9 Å². The molecule has 0 aliphatic heterocycles. The first kappa shape index (κ1) is 11.5. The Balaban J connectivity index is 3.41. The normalized spacial score (nSPS) is 11.4. The second-order valence-corrected chi connectivity index (χ2v) is 3.49. The second-order valence-electron chi connectivity index (χ2n) is 3.49. The van der Waals surface area contributed by atoms with Gasteiger partial charge in [-0.05, 0) is 43.0 Å². The minimum Gasteiger partial charge on any atom is -0.0984 e. The molecule has 0 radical (unpaired) electrons. The van der Waals surface area contributed by atoms with Crippen molar-refractivity contribution < 1.29 is 0 Å². The van der Waals surface area contributed by atoms with Crippen molar-refractivity contribution in [3.63, 3.8) is 0 Å². The quantitative estimate of drug-likeness (QED) is 0.660. The van der Waals surface area contributed by atoms with E-state index < -0.39 is 0 Å². The summed E-state index contributed by atoms with van der Waals surface area (Å²) in [5, 5.41) is 0. The maximum absolute atomic E-state index is 3.84. The minimum absolute atomic E-state index is 1.19. The number of allylic oxidation sites excluding steroid dienone is 2. The van der Waals surface area contributed by atoms with Gasteiger partial charge in [0.2, 0.25) is 0 Å². The van der Waals surface area contributed by atoms with Gasteiger partial charge < -0.3 is 0 Å². The van der Waals surface area contributed by atoms with Gasteiger partial charge in [-0.15, -0.1) is 0 Å². The predicted molar refractivity (Wildman–Crippen MR) is 70.7 cm³/mol. The van der Waals surface area contributed by atoms with Crippen LogP contribution in [0.3, 0.4) is 0 Å². The van der Waals surface area contributed by atoms with Crippen LogP contribution in [0.2, 0.25) is 0 Å². The summed E-state index contributed by atoms with van der Waals surface area (Å²) >= 11 is 0. The zero-order valence-electron chi connectivity index (χ0n) is 9.75. The zero-order chi connectivity index (χ0) is 11.3. The van der Waals surface area contributed by atoms with Crippen molar-refractivity contribution in [3.8, 4) is 0 Å². The Bertz CT molecular complexity index is 406. The SMILES string of the molecule is C=Cc1ccc(/C=C\C)c(C)c1/C=C\C. The van der Waals surface area contributed by atoms with Gasteiger partial charge in [-0.1, -0.05) is 49.1 Å². The second kappa shape index (κ2) is 5.35. The lowest BCUT2D eigenvalue weighted by molar-refractivity contribution is 1.40. The first-order valence-electron chi connectivity index (χ1n) is 5.26. The fourth-order valence-electron chi connectivity index (χ4n) is 1.69. The largest absolute Gasteiger partial charge is 0.0984 e. The van der Waals surface area contributed by atoms with Crippen LogP contribution in [-0.2, 0) is 0 Å². The maximum atomic E-state index is 3.84. The fraction of sp³-hybridized carbons (Fsp3) is 0.200. The van der Waals surface area contributed by atoms with Crippen LogP contribution >= 0.6 is 0 Å². The molecular formula is C15H18. The van der Waals surface area contributed by atoms with E-state index in [1.165, 1.54) is 22.3 Å². The van der Waals surface area contributed by atoms with E-state index in [9.17, 15) is 0 Å². The molecule has 0 N–H and O–H groups in total. The molecule has 0 atom stereocenters. The van der Waals surface area contributed by atoms with Gasteiger partial charge >= 0.3 is 0 Å². The van der Waals surface area contributed by atoms with Gasteiger partial charge in [0, 0.05) is 0 Å². The Kier molecular flexibility index (Phi) is 4.11. The molecule has 0 fully saturated rings. The molecule has 1 rings (SSSR count). The molecule has 1 aromatic rings. The van der Waals surface area contributed by atoms with Gasteiger partial charge in [0.1, 0.15) is 0 Å². The summed E-state index contributed by atoms with van der Waals surface area (Å²) in [4.78, 5) is 0. The molecule has 0 unspecified atom stereocenters. The molecular weight excluding hydrogens is 180 g/mol. The highest BCUT2D eigenvalue weighted by Crippen LogP contribution is 2.22. The van der Waals surface area contributed by atoms with Gasteiger partial charge in [-0.3, -0.25) is 0 Å². The Morgan fingerprint density at radius 2 is 1.60 bits per heavy atom. The van der Waals surface area contributed by atoms with E-state index in [1.54, 1.807) is 0 Å². The summed E-state index contributed by atoms with van der Waals surface area (Å²) in [5.74, 6) is 0. The summed E-state index contributed by atoms with van der Waals surface area (Å²) in [6.45, 7) is 10.1. The Morgan fingerprint density at radius 1 is 1.00 bits per heavy atom. The average molecular weight is 198 g/mol. The van der Waals surface area contributed by atoms with Gasteiger partial charge in [0.05, 0.1) is 0 Å². The van der Waals surface area contributed by atoms with E-state index in [4.69, 9.17) is 0 Å².